The Morgan fingerprint density at radius 3 is 2.79 bits per heavy atom. The molecule has 1 aromatic heterocycles. The molecule has 0 saturated carbocycles. The second-order valence-electron chi connectivity index (χ2n) is 3.26. The van der Waals surface area contributed by atoms with Crippen molar-refractivity contribution in [2.24, 2.45) is 0 Å². The number of nitrogens with zero attached hydrogens (tertiary/aromatic N) is 3. The first-order valence-corrected chi connectivity index (χ1v) is 5.80. The normalized spacial score (nSPS) is 17.5. The average Bonchev–Trinajstić information content (AvgIpc) is 2.78. The first-order chi connectivity index (χ1) is 6.86. The van der Waals surface area contributed by atoms with Gasteiger partial charge < -0.3 is 4.74 Å². The molecule has 0 amide bonds. The summed E-state index contributed by atoms with van der Waals surface area (Å²) in [5.41, 5.74) is 0. The number of hydrogen-bond acceptors (Lipinski definition) is 5. The molecular weight excluding hydrogens is 222 g/mol. The standard InChI is InChI=1S/C8H12ClN3OS/c9-7-8(11-14-10-7)13-6-5-12-3-1-2-4-12/h1-6H2. The zero-order chi connectivity index (χ0) is 9.80. The SMILES string of the molecule is Clc1nsnc1OCCN1CCCC1. The molecule has 0 spiro atoms. The highest BCUT2D eigenvalue weighted by Gasteiger charge is 2.12. The third-order valence-electron chi connectivity index (χ3n) is 2.27. The predicted molar refractivity (Wildman–Crippen MR) is 56.1 cm³/mol. The van der Waals surface area contributed by atoms with Gasteiger partial charge in [-0.1, -0.05) is 11.6 Å². The van der Waals surface area contributed by atoms with Crippen LogP contribution in [0.4, 0.5) is 0 Å². The van der Waals surface area contributed by atoms with Crippen molar-refractivity contribution in [1.82, 2.24) is 13.6 Å². The fraction of sp³-hybridized carbons (Fsp3) is 0.750. The molecule has 6 heteroatoms. The van der Waals surface area contributed by atoms with Crippen LogP contribution in [-0.4, -0.2) is 39.9 Å². The van der Waals surface area contributed by atoms with Crippen molar-refractivity contribution < 1.29 is 4.74 Å². The summed E-state index contributed by atoms with van der Waals surface area (Å²) in [5, 5.41) is 0.372. The van der Waals surface area contributed by atoms with Crippen LogP contribution in [0.2, 0.25) is 5.15 Å². The smallest absolute Gasteiger partial charge is 0.265 e. The monoisotopic (exact) mass is 233 g/mol. The number of hydrogen-bond donors (Lipinski definition) is 0. The van der Waals surface area contributed by atoms with Crippen molar-refractivity contribution in [2.75, 3.05) is 26.2 Å². The molecule has 2 rings (SSSR count). The highest BCUT2D eigenvalue weighted by Crippen LogP contribution is 2.20. The Balaban J connectivity index is 1.70. The van der Waals surface area contributed by atoms with E-state index in [-0.39, 0.29) is 0 Å². The van der Waals surface area contributed by atoms with Crippen molar-refractivity contribution in [1.29, 1.82) is 0 Å². The van der Waals surface area contributed by atoms with E-state index in [9.17, 15) is 0 Å². The van der Waals surface area contributed by atoms with Gasteiger partial charge in [-0.05, 0) is 25.9 Å². The first kappa shape index (κ1) is 10.1. The number of ether oxygens (including phenoxy) is 1. The lowest BCUT2D eigenvalue weighted by molar-refractivity contribution is 0.233. The molecule has 1 saturated heterocycles. The topological polar surface area (TPSA) is 38.3 Å². The third kappa shape index (κ3) is 2.56. The van der Waals surface area contributed by atoms with Crippen molar-refractivity contribution in [3.05, 3.63) is 5.15 Å². The summed E-state index contributed by atoms with van der Waals surface area (Å²) in [6.07, 6.45) is 2.61. The van der Waals surface area contributed by atoms with E-state index in [1.165, 1.54) is 25.9 Å². The summed E-state index contributed by atoms with van der Waals surface area (Å²) in [7, 11) is 0. The Kier molecular flexibility index (Phi) is 3.55. The van der Waals surface area contributed by atoms with Crippen LogP contribution in [0.25, 0.3) is 0 Å². The van der Waals surface area contributed by atoms with Gasteiger partial charge in [0.25, 0.3) is 5.88 Å². The second-order valence-corrected chi connectivity index (χ2v) is 4.14. The van der Waals surface area contributed by atoms with Gasteiger partial charge in [-0.3, -0.25) is 4.90 Å². The molecule has 1 fully saturated rings. The highest BCUT2D eigenvalue weighted by molar-refractivity contribution is 6.99. The lowest BCUT2D eigenvalue weighted by Crippen LogP contribution is -2.25. The van der Waals surface area contributed by atoms with Gasteiger partial charge >= 0.3 is 0 Å². The Morgan fingerprint density at radius 1 is 1.36 bits per heavy atom. The van der Waals surface area contributed by atoms with Crippen LogP contribution < -0.4 is 4.74 Å². The van der Waals surface area contributed by atoms with Gasteiger partial charge in [0.1, 0.15) is 6.61 Å². The van der Waals surface area contributed by atoms with Crippen LogP contribution in [0, 0.1) is 0 Å². The van der Waals surface area contributed by atoms with E-state index < -0.39 is 0 Å². The summed E-state index contributed by atoms with van der Waals surface area (Å²) in [4.78, 5) is 2.38. The van der Waals surface area contributed by atoms with Crippen molar-refractivity contribution in [3.63, 3.8) is 0 Å². The Bertz CT molecular complexity index is 288. The number of likely N-dealkylation sites (tertiary alicyclic amines) is 1. The minimum absolute atomic E-state index is 0.372. The van der Waals surface area contributed by atoms with Crippen molar-refractivity contribution in [2.45, 2.75) is 12.8 Å². The Hall–Kier alpha value is -0.390. The molecule has 0 aromatic carbocycles. The van der Waals surface area contributed by atoms with Crippen molar-refractivity contribution in [3.8, 4) is 5.88 Å². The maximum Gasteiger partial charge on any atom is 0.265 e. The number of aromatic nitrogens is 2. The van der Waals surface area contributed by atoms with Gasteiger partial charge in [0.15, 0.2) is 0 Å². The zero-order valence-corrected chi connectivity index (χ0v) is 9.35. The summed E-state index contributed by atoms with van der Waals surface area (Å²) >= 11 is 6.81. The van der Waals surface area contributed by atoms with Crippen LogP contribution in [0.1, 0.15) is 12.8 Å². The fourth-order valence-corrected chi connectivity index (χ4v) is 2.18. The van der Waals surface area contributed by atoms with Gasteiger partial charge in [0.05, 0.1) is 11.7 Å². The van der Waals surface area contributed by atoms with Crippen LogP contribution >= 0.6 is 23.3 Å². The number of halogens is 1. The molecule has 2 heterocycles. The van der Waals surface area contributed by atoms with Gasteiger partial charge in [0.2, 0.25) is 5.15 Å². The van der Waals surface area contributed by atoms with Crippen LogP contribution in [0.5, 0.6) is 5.88 Å². The molecule has 0 N–H and O–H groups in total. The lowest BCUT2D eigenvalue weighted by Gasteiger charge is -2.13. The first-order valence-electron chi connectivity index (χ1n) is 4.69. The lowest BCUT2D eigenvalue weighted by atomic mass is 10.4. The van der Waals surface area contributed by atoms with Gasteiger partial charge in [-0.15, -0.1) is 4.37 Å². The molecule has 78 valence electrons. The van der Waals surface area contributed by atoms with Crippen LogP contribution in [0.15, 0.2) is 0 Å². The third-order valence-corrected chi connectivity index (χ3v) is 3.12. The number of rotatable bonds is 4. The molecule has 0 unspecified atom stereocenters. The molecule has 4 nitrogen and oxygen atoms in total. The van der Waals surface area contributed by atoms with E-state index in [4.69, 9.17) is 16.3 Å². The molecule has 0 bridgehead atoms. The predicted octanol–water partition coefficient (Wildman–Crippen LogP) is 1.67. The zero-order valence-electron chi connectivity index (χ0n) is 7.78. The highest BCUT2D eigenvalue weighted by atomic mass is 35.5. The van der Waals surface area contributed by atoms with Crippen molar-refractivity contribution >= 4 is 23.3 Å². The molecular formula is C8H12ClN3OS. The molecule has 1 aliphatic rings. The van der Waals surface area contributed by atoms with Gasteiger partial charge in [-0.25, -0.2) is 0 Å². The molecule has 0 aliphatic carbocycles. The second kappa shape index (κ2) is 4.91. The summed E-state index contributed by atoms with van der Waals surface area (Å²) in [6, 6.07) is 0. The van der Waals surface area contributed by atoms with Gasteiger partial charge in [0, 0.05) is 6.54 Å². The van der Waals surface area contributed by atoms with E-state index in [1.54, 1.807) is 0 Å². The maximum absolute atomic E-state index is 5.73. The van der Waals surface area contributed by atoms with Crippen LogP contribution in [0.3, 0.4) is 0 Å². The van der Waals surface area contributed by atoms with E-state index in [0.29, 0.717) is 17.6 Å². The summed E-state index contributed by atoms with van der Waals surface area (Å²) in [5.74, 6) is 0.468. The maximum atomic E-state index is 5.73. The molecule has 0 atom stereocenters. The summed E-state index contributed by atoms with van der Waals surface area (Å²) in [6.45, 7) is 3.97. The van der Waals surface area contributed by atoms with E-state index in [1.807, 2.05) is 0 Å². The fourth-order valence-electron chi connectivity index (χ4n) is 1.53. The Labute approximate surface area is 92.2 Å². The molecule has 1 aliphatic heterocycles. The minimum atomic E-state index is 0.372. The van der Waals surface area contributed by atoms with E-state index >= 15 is 0 Å². The van der Waals surface area contributed by atoms with Gasteiger partial charge in [-0.2, -0.15) is 4.37 Å². The molecule has 1 aromatic rings. The molecule has 14 heavy (non-hydrogen) atoms. The van der Waals surface area contributed by atoms with Crippen LogP contribution in [-0.2, 0) is 0 Å². The minimum Gasteiger partial charge on any atom is -0.473 e. The molecule has 0 radical (unpaired) electrons. The summed E-state index contributed by atoms with van der Waals surface area (Å²) < 4.78 is 13.2. The quantitative estimate of drug-likeness (QED) is 0.793. The average molecular weight is 234 g/mol. The van der Waals surface area contributed by atoms with E-state index in [0.717, 1.165) is 18.3 Å². The Morgan fingerprint density at radius 2 is 2.14 bits per heavy atom. The largest absolute Gasteiger partial charge is 0.473 e. The van der Waals surface area contributed by atoms with E-state index in [2.05, 4.69) is 13.6 Å².